The van der Waals surface area contributed by atoms with E-state index in [1.165, 1.54) is 6.42 Å². The summed E-state index contributed by atoms with van der Waals surface area (Å²) >= 11 is 0. The van der Waals surface area contributed by atoms with E-state index < -0.39 is 0 Å². The molecule has 0 aliphatic heterocycles. The van der Waals surface area contributed by atoms with Gasteiger partial charge < -0.3 is 15.5 Å². The first-order chi connectivity index (χ1) is 10.0. The molecule has 0 bridgehead atoms. The number of aromatic nitrogens is 1. The molecular weight excluding hydrogens is 389 g/mol. The first kappa shape index (κ1) is 20.9. The molecule has 1 rings (SSSR count). The summed E-state index contributed by atoms with van der Waals surface area (Å²) in [5, 5.41) is 6.63. The fourth-order valence-electron chi connectivity index (χ4n) is 1.93. The lowest BCUT2D eigenvalue weighted by Gasteiger charge is -2.14. The Kier molecular flexibility index (Phi) is 11.0. The van der Waals surface area contributed by atoms with Crippen molar-refractivity contribution in [3.05, 3.63) is 23.9 Å². The lowest BCUT2D eigenvalue weighted by molar-refractivity contribution is 0.549. The molecule has 0 amide bonds. The van der Waals surface area contributed by atoms with Crippen LogP contribution in [0, 0.1) is 5.92 Å². The van der Waals surface area contributed by atoms with Crippen LogP contribution in [-0.2, 0) is 6.54 Å². The SMILES string of the molecule is CN=C(NCCCC(C)C)NCc1cccc(N(C)C)n1.I. The number of guanidine groups is 1. The summed E-state index contributed by atoms with van der Waals surface area (Å²) in [6.07, 6.45) is 2.39. The number of pyridine rings is 1. The second-order valence-electron chi connectivity index (χ2n) is 5.77. The van der Waals surface area contributed by atoms with Crippen molar-refractivity contribution in [3.8, 4) is 0 Å². The van der Waals surface area contributed by atoms with E-state index in [0.29, 0.717) is 6.54 Å². The monoisotopic (exact) mass is 419 g/mol. The number of rotatable bonds is 7. The molecule has 0 aromatic carbocycles. The highest BCUT2D eigenvalue weighted by atomic mass is 127. The van der Waals surface area contributed by atoms with Gasteiger partial charge in [-0.05, 0) is 30.9 Å². The minimum absolute atomic E-state index is 0. The van der Waals surface area contributed by atoms with Gasteiger partial charge in [0.2, 0.25) is 0 Å². The molecule has 0 radical (unpaired) electrons. The average Bonchev–Trinajstić information content (AvgIpc) is 2.46. The Labute approximate surface area is 152 Å². The van der Waals surface area contributed by atoms with Gasteiger partial charge in [-0.2, -0.15) is 0 Å². The molecular formula is C16H30IN5. The zero-order valence-electron chi connectivity index (χ0n) is 14.4. The molecule has 0 fully saturated rings. The molecule has 1 heterocycles. The van der Waals surface area contributed by atoms with E-state index in [0.717, 1.165) is 36.4 Å². The molecule has 5 nitrogen and oxygen atoms in total. The molecule has 2 N–H and O–H groups in total. The van der Waals surface area contributed by atoms with E-state index in [1.54, 1.807) is 7.05 Å². The highest BCUT2D eigenvalue weighted by molar-refractivity contribution is 14.0. The number of nitrogens with one attached hydrogen (secondary N) is 2. The van der Waals surface area contributed by atoms with E-state index in [1.807, 2.05) is 37.2 Å². The fourth-order valence-corrected chi connectivity index (χ4v) is 1.93. The normalized spacial score (nSPS) is 11.1. The zero-order valence-corrected chi connectivity index (χ0v) is 16.7. The van der Waals surface area contributed by atoms with Gasteiger partial charge in [0, 0.05) is 27.7 Å². The first-order valence-corrected chi connectivity index (χ1v) is 7.60. The quantitative estimate of drug-likeness (QED) is 0.309. The Morgan fingerprint density at radius 1 is 1.27 bits per heavy atom. The van der Waals surface area contributed by atoms with Crippen LogP contribution in [0.25, 0.3) is 0 Å². The van der Waals surface area contributed by atoms with Gasteiger partial charge in [-0.15, -0.1) is 24.0 Å². The predicted octanol–water partition coefficient (Wildman–Crippen LogP) is 2.87. The summed E-state index contributed by atoms with van der Waals surface area (Å²) in [5.74, 6) is 2.55. The van der Waals surface area contributed by atoms with Gasteiger partial charge in [0.25, 0.3) is 0 Å². The van der Waals surface area contributed by atoms with Crippen molar-refractivity contribution >= 4 is 35.8 Å². The van der Waals surface area contributed by atoms with Crippen molar-refractivity contribution in [2.24, 2.45) is 10.9 Å². The molecule has 0 atom stereocenters. The van der Waals surface area contributed by atoms with E-state index in [9.17, 15) is 0 Å². The number of halogens is 1. The lowest BCUT2D eigenvalue weighted by atomic mass is 10.1. The van der Waals surface area contributed by atoms with Crippen LogP contribution in [0.1, 0.15) is 32.4 Å². The molecule has 0 spiro atoms. The number of hydrogen-bond acceptors (Lipinski definition) is 3. The number of nitrogens with zero attached hydrogens (tertiary/aromatic N) is 3. The van der Waals surface area contributed by atoms with Gasteiger partial charge in [-0.1, -0.05) is 19.9 Å². The van der Waals surface area contributed by atoms with Crippen molar-refractivity contribution in [2.45, 2.75) is 33.2 Å². The minimum Gasteiger partial charge on any atom is -0.363 e. The molecule has 1 aromatic heterocycles. The van der Waals surface area contributed by atoms with Gasteiger partial charge >= 0.3 is 0 Å². The minimum atomic E-state index is 0. The highest BCUT2D eigenvalue weighted by Crippen LogP contribution is 2.07. The molecule has 6 heteroatoms. The third-order valence-electron chi connectivity index (χ3n) is 3.16. The van der Waals surface area contributed by atoms with Gasteiger partial charge in [0.1, 0.15) is 5.82 Å². The van der Waals surface area contributed by atoms with E-state index in [4.69, 9.17) is 0 Å². The summed E-state index contributed by atoms with van der Waals surface area (Å²) in [6, 6.07) is 6.05. The standard InChI is InChI=1S/C16H29N5.HI/c1-13(2)8-7-11-18-16(17-3)19-12-14-9-6-10-15(20-14)21(4)5;/h6,9-10,13H,7-8,11-12H2,1-5H3,(H2,17,18,19);1H. The molecule has 1 aromatic rings. The van der Waals surface area contributed by atoms with Gasteiger partial charge in [-0.3, -0.25) is 4.99 Å². The van der Waals surface area contributed by atoms with E-state index in [2.05, 4.69) is 34.5 Å². The van der Waals surface area contributed by atoms with Gasteiger partial charge in [-0.25, -0.2) is 4.98 Å². The largest absolute Gasteiger partial charge is 0.363 e. The Bertz CT molecular complexity index is 446. The maximum absolute atomic E-state index is 4.58. The van der Waals surface area contributed by atoms with Crippen molar-refractivity contribution in [2.75, 3.05) is 32.6 Å². The number of anilines is 1. The summed E-state index contributed by atoms with van der Waals surface area (Å²) in [4.78, 5) is 10.8. The third kappa shape index (κ3) is 8.41. The second kappa shape index (κ2) is 11.5. The predicted molar refractivity (Wildman–Crippen MR) is 106 cm³/mol. The van der Waals surface area contributed by atoms with Crippen LogP contribution in [-0.4, -0.2) is 38.6 Å². The van der Waals surface area contributed by atoms with Crippen molar-refractivity contribution in [1.82, 2.24) is 15.6 Å². The van der Waals surface area contributed by atoms with Crippen LogP contribution in [0.4, 0.5) is 5.82 Å². The van der Waals surface area contributed by atoms with Crippen LogP contribution in [0.5, 0.6) is 0 Å². The Morgan fingerprint density at radius 2 is 2.00 bits per heavy atom. The average molecular weight is 419 g/mol. The summed E-state index contributed by atoms with van der Waals surface area (Å²) in [5.41, 5.74) is 1.01. The Balaban J connectivity index is 0.00000441. The van der Waals surface area contributed by atoms with Crippen LogP contribution in [0.15, 0.2) is 23.2 Å². The van der Waals surface area contributed by atoms with Crippen molar-refractivity contribution < 1.29 is 0 Å². The molecule has 0 saturated heterocycles. The van der Waals surface area contributed by atoms with Crippen LogP contribution < -0.4 is 15.5 Å². The zero-order chi connectivity index (χ0) is 15.7. The van der Waals surface area contributed by atoms with E-state index >= 15 is 0 Å². The van der Waals surface area contributed by atoms with Gasteiger partial charge in [0.15, 0.2) is 5.96 Å². The van der Waals surface area contributed by atoms with Crippen LogP contribution >= 0.6 is 24.0 Å². The second-order valence-corrected chi connectivity index (χ2v) is 5.77. The smallest absolute Gasteiger partial charge is 0.191 e. The van der Waals surface area contributed by atoms with E-state index in [-0.39, 0.29) is 24.0 Å². The maximum Gasteiger partial charge on any atom is 0.191 e. The summed E-state index contributed by atoms with van der Waals surface area (Å²) in [6.45, 7) is 6.11. The highest BCUT2D eigenvalue weighted by Gasteiger charge is 2.02. The van der Waals surface area contributed by atoms with Crippen LogP contribution in [0.3, 0.4) is 0 Å². The lowest BCUT2D eigenvalue weighted by Crippen LogP contribution is -2.37. The van der Waals surface area contributed by atoms with Crippen molar-refractivity contribution in [1.29, 1.82) is 0 Å². The fraction of sp³-hybridized carbons (Fsp3) is 0.625. The number of hydrogen-bond donors (Lipinski definition) is 2. The Morgan fingerprint density at radius 3 is 2.59 bits per heavy atom. The molecule has 22 heavy (non-hydrogen) atoms. The maximum atomic E-state index is 4.58. The molecule has 0 saturated carbocycles. The third-order valence-corrected chi connectivity index (χ3v) is 3.16. The first-order valence-electron chi connectivity index (χ1n) is 7.60. The molecule has 126 valence electrons. The Hall–Kier alpha value is -1.05. The summed E-state index contributed by atoms with van der Waals surface area (Å²) in [7, 11) is 5.78. The van der Waals surface area contributed by atoms with Crippen molar-refractivity contribution in [3.63, 3.8) is 0 Å². The van der Waals surface area contributed by atoms with Gasteiger partial charge in [0.05, 0.1) is 12.2 Å². The topological polar surface area (TPSA) is 52.6 Å². The number of aliphatic imine (C=N–C) groups is 1. The summed E-state index contributed by atoms with van der Waals surface area (Å²) < 4.78 is 0. The molecule has 0 aliphatic rings. The van der Waals surface area contributed by atoms with Crippen LogP contribution in [0.2, 0.25) is 0 Å². The molecule has 0 aliphatic carbocycles. The molecule has 0 unspecified atom stereocenters.